The van der Waals surface area contributed by atoms with Crippen LogP contribution in [-0.4, -0.2) is 86.4 Å². The van der Waals surface area contributed by atoms with E-state index in [4.69, 9.17) is 18.9 Å². The Balaban J connectivity index is 1.37. The second kappa shape index (κ2) is 14.1. The first-order valence-corrected chi connectivity index (χ1v) is 14.6. The van der Waals surface area contributed by atoms with Crippen molar-refractivity contribution in [1.82, 2.24) is 25.8 Å². The molecule has 2 aromatic carbocycles. The van der Waals surface area contributed by atoms with Crippen molar-refractivity contribution in [1.29, 1.82) is 0 Å². The largest absolute Gasteiger partial charge is 0.491 e. The molecular formula is C29H33N5O7S. The van der Waals surface area contributed by atoms with Crippen LogP contribution in [0.4, 0.5) is 4.79 Å². The maximum absolute atomic E-state index is 13.0. The number of hydrogen-bond donors (Lipinski definition) is 3. The summed E-state index contributed by atoms with van der Waals surface area (Å²) in [7, 11) is 1.58. The van der Waals surface area contributed by atoms with Crippen LogP contribution in [0.3, 0.4) is 0 Å². The van der Waals surface area contributed by atoms with E-state index in [1.54, 1.807) is 41.1 Å². The molecule has 3 heterocycles. The van der Waals surface area contributed by atoms with Crippen LogP contribution in [0.15, 0.2) is 53.4 Å². The van der Waals surface area contributed by atoms with Gasteiger partial charge in [-0.1, -0.05) is 12.1 Å². The van der Waals surface area contributed by atoms with Gasteiger partial charge in [-0.15, -0.1) is 11.3 Å². The Morgan fingerprint density at radius 2 is 2.00 bits per heavy atom. The van der Waals surface area contributed by atoms with E-state index >= 15 is 0 Å². The minimum Gasteiger partial charge on any atom is -0.491 e. The molecule has 222 valence electrons. The number of methoxy groups -OCH3 is 1. The predicted octanol–water partition coefficient (Wildman–Crippen LogP) is 2.80. The van der Waals surface area contributed by atoms with E-state index < -0.39 is 6.10 Å². The van der Waals surface area contributed by atoms with Crippen molar-refractivity contribution in [3.05, 3.63) is 70.2 Å². The van der Waals surface area contributed by atoms with E-state index in [9.17, 15) is 14.4 Å². The van der Waals surface area contributed by atoms with Crippen LogP contribution in [0.5, 0.6) is 17.2 Å². The number of carbonyl (C=O) groups is 3. The van der Waals surface area contributed by atoms with Crippen LogP contribution >= 0.6 is 11.3 Å². The Kier molecular flexibility index (Phi) is 9.85. The van der Waals surface area contributed by atoms with Crippen LogP contribution in [0.1, 0.15) is 32.8 Å². The highest BCUT2D eigenvalue weighted by Gasteiger charge is 2.34. The number of ether oxygens (including phenoxy) is 4. The normalized spacial score (nSPS) is 19.6. The molecule has 0 radical (unpaired) electrons. The second-order valence-electron chi connectivity index (χ2n) is 9.81. The first kappa shape index (κ1) is 29.3. The number of piperidine rings is 1. The number of nitrogens with one attached hydrogen (secondary N) is 3. The fourth-order valence-electron chi connectivity index (χ4n) is 4.71. The fraction of sp³-hybridized carbons (Fsp3) is 0.379. The summed E-state index contributed by atoms with van der Waals surface area (Å²) in [5.41, 5.74) is 3.21. The van der Waals surface area contributed by atoms with Crippen molar-refractivity contribution >= 4 is 29.2 Å². The van der Waals surface area contributed by atoms with Gasteiger partial charge in [-0.25, -0.2) is 9.78 Å². The van der Waals surface area contributed by atoms with Gasteiger partial charge >= 0.3 is 6.03 Å². The minimum absolute atomic E-state index is 0.166. The van der Waals surface area contributed by atoms with Crippen LogP contribution in [0, 0.1) is 0 Å². The Morgan fingerprint density at radius 1 is 1.12 bits per heavy atom. The van der Waals surface area contributed by atoms with Crippen LogP contribution in [-0.2, 0) is 16.1 Å². The number of thiazole rings is 1. The van der Waals surface area contributed by atoms with E-state index in [2.05, 4.69) is 20.9 Å². The zero-order valence-corrected chi connectivity index (χ0v) is 24.0. The minimum atomic E-state index is -0.460. The third-order valence-corrected chi connectivity index (χ3v) is 7.39. The quantitative estimate of drug-likeness (QED) is 0.383. The maximum Gasteiger partial charge on any atom is 0.315 e. The van der Waals surface area contributed by atoms with Crippen molar-refractivity contribution < 1.29 is 33.3 Å². The van der Waals surface area contributed by atoms with Crippen LogP contribution < -0.4 is 25.4 Å². The van der Waals surface area contributed by atoms with Crippen molar-refractivity contribution in [2.45, 2.75) is 25.2 Å². The average molecular weight is 596 g/mol. The summed E-state index contributed by atoms with van der Waals surface area (Å²) in [5, 5.41) is 10.3. The predicted molar refractivity (Wildman–Crippen MR) is 154 cm³/mol. The number of hydrogen-bond acceptors (Lipinski definition) is 9. The van der Waals surface area contributed by atoms with E-state index in [0.717, 1.165) is 5.56 Å². The molecule has 12 nitrogen and oxygen atoms in total. The Morgan fingerprint density at radius 3 is 2.83 bits per heavy atom. The van der Waals surface area contributed by atoms with E-state index in [0.29, 0.717) is 61.2 Å². The van der Waals surface area contributed by atoms with E-state index in [1.165, 1.54) is 11.3 Å². The van der Waals surface area contributed by atoms with Gasteiger partial charge in [-0.2, -0.15) is 0 Å². The molecular weight excluding hydrogens is 562 g/mol. The van der Waals surface area contributed by atoms with Gasteiger partial charge in [-0.05, 0) is 36.2 Å². The van der Waals surface area contributed by atoms with Gasteiger partial charge in [0.15, 0.2) is 0 Å². The topological polar surface area (TPSA) is 140 Å². The van der Waals surface area contributed by atoms with Gasteiger partial charge in [0.2, 0.25) is 0 Å². The third kappa shape index (κ3) is 7.75. The zero-order chi connectivity index (χ0) is 29.3. The average Bonchev–Trinajstić information content (AvgIpc) is 3.53. The fourth-order valence-corrected chi connectivity index (χ4v) is 5.24. The smallest absolute Gasteiger partial charge is 0.315 e. The molecule has 4 amide bonds. The molecule has 5 rings (SSSR count). The first-order valence-electron chi connectivity index (χ1n) is 13.6. The Labute approximate surface area is 247 Å². The highest BCUT2D eigenvalue weighted by atomic mass is 32.1. The number of carbonyl (C=O) groups excluding carboxylic acids is 3. The van der Waals surface area contributed by atoms with Crippen LogP contribution in [0.2, 0.25) is 0 Å². The number of amides is 4. The molecule has 3 aromatic rings. The van der Waals surface area contributed by atoms with Crippen molar-refractivity contribution in [3.8, 4) is 17.2 Å². The molecule has 0 spiro atoms. The molecule has 2 aliphatic rings. The molecule has 1 saturated heterocycles. The number of fused-ring (bicyclic) bond motifs is 5. The maximum atomic E-state index is 13.0. The SMILES string of the molecule is COCCOc1cc2cc(c1)C(=O)NCCNC(=O)N[C@H]1CCN(C(=O)c3cscn3)C[C@@H]1OCc1cccc(c1)O2. The lowest BCUT2D eigenvalue weighted by Gasteiger charge is -2.38. The summed E-state index contributed by atoms with van der Waals surface area (Å²) in [5.74, 6) is 0.938. The number of likely N-dealkylation sites (tertiary alicyclic amines) is 1. The second-order valence-corrected chi connectivity index (χ2v) is 10.5. The number of benzene rings is 2. The summed E-state index contributed by atoms with van der Waals surface area (Å²) in [4.78, 5) is 44.5. The molecule has 2 atom stereocenters. The standard InChI is InChI=1S/C29H33N5O7S/c1-38-9-10-39-22-12-20-13-23(14-22)41-21-4-2-3-19(11-21)16-40-26-15-34(28(36)25-17-42-18-32-25)8-5-24(26)33-29(37)31-7-6-30-27(20)35/h2-4,11-14,17-18,24,26H,5-10,15-16H2,1H3,(H,30,35)(H2,31,33,37)/t24-,26-/m0/s1. The van der Waals surface area contributed by atoms with Crippen molar-refractivity contribution in [3.63, 3.8) is 0 Å². The number of rotatable bonds is 5. The third-order valence-electron chi connectivity index (χ3n) is 6.81. The van der Waals surface area contributed by atoms with Gasteiger partial charge in [0.1, 0.15) is 29.5 Å². The lowest BCUT2D eigenvalue weighted by atomic mass is 10.0. The Bertz CT molecular complexity index is 1390. The Hall–Kier alpha value is -4.20. The number of nitrogens with zero attached hydrogens (tertiary/aromatic N) is 2. The molecule has 42 heavy (non-hydrogen) atoms. The molecule has 13 heteroatoms. The summed E-state index contributed by atoms with van der Waals surface area (Å²) >= 11 is 1.36. The van der Waals surface area contributed by atoms with E-state index in [-0.39, 0.29) is 43.6 Å². The van der Waals surface area contributed by atoms with Crippen molar-refractivity contribution in [2.24, 2.45) is 0 Å². The molecule has 0 unspecified atom stereocenters. The summed E-state index contributed by atoms with van der Waals surface area (Å²) in [6.45, 7) is 2.10. The van der Waals surface area contributed by atoms with Gasteiger partial charge in [0.25, 0.3) is 11.8 Å². The van der Waals surface area contributed by atoms with Gasteiger partial charge < -0.3 is 39.8 Å². The first-order chi connectivity index (χ1) is 20.5. The van der Waals surface area contributed by atoms with Crippen LogP contribution in [0.25, 0.3) is 0 Å². The number of aromatic nitrogens is 1. The summed E-state index contributed by atoms with van der Waals surface area (Å²) in [6, 6.07) is 11.7. The van der Waals surface area contributed by atoms with Gasteiger partial charge in [-0.3, -0.25) is 9.59 Å². The highest BCUT2D eigenvalue weighted by Crippen LogP contribution is 2.29. The zero-order valence-electron chi connectivity index (χ0n) is 23.2. The van der Waals surface area contributed by atoms with Gasteiger partial charge in [0, 0.05) is 50.3 Å². The lowest BCUT2D eigenvalue weighted by molar-refractivity contribution is -0.0236. The monoisotopic (exact) mass is 595 g/mol. The molecule has 2 aliphatic heterocycles. The van der Waals surface area contributed by atoms with Gasteiger partial charge in [0.05, 0.1) is 30.9 Å². The molecule has 4 bridgehead atoms. The number of urea groups is 1. The molecule has 0 aliphatic carbocycles. The molecule has 1 fully saturated rings. The molecule has 1 aromatic heterocycles. The lowest BCUT2D eigenvalue weighted by Crippen LogP contribution is -2.58. The molecule has 0 saturated carbocycles. The molecule has 3 N–H and O–H groups in total. The summed E-state index contributed by atoms with van der Waals surface area (Å²) in [6.07, 6.45) is 0.0517. The highest BCUT2D eigenvalue weighted by molar-refractivity contribution is 7.07. The summed E-state index contributed by atoms with van der Waals surface area (Å²) < 4.78 is 23.3. The van der Waals surface area contributed by atoms with Crippen molar-refractivity contribution in [2.75, 3.05) is 46.5 Å². The van der Waals surface area contributed by atoms with E-state index in [1.807, 2.05) is 24.3 Å².